The fourth-order valence-electron chi connectivity index (χ4n) is 1.64. The number of ether oxygens (including phenoxy) is 1. The molecule has 2 aromatic rings. The molecule has 0 radical (unpaired) electrons. The summed E-state index contributed by atoms with van der Waals surface area (Å²) in [5.74, 6) is -0.776. The quantitative estimate of drug-likeness (QED) is 0.579. The summed E-state index contributed by atoms with van der Waals surface area (Å²) in [7, 11) is 0. The molecule has 2 rings (SSSR count). The van der Waals surface area contributed by atoms with Gasteiger partial charge in [0.2, 0.25) is 0 Å². The molecule has 3 N–H and O–H groups in total. The van der Waals surface area contributed by atoms with Crippen LogP contribution in [0.2, 0.25) is 0 Å². The molecule has 0 saturated heterocycles. The van der Waals surface area contributed by atoms with Crippen molar-refractivity contribution < 1.29 is 24.9 Å². The molecule has 1 atom stereocenters. The van der Waals surface area contributed by atoms with Gasteiger partial charge in [-0.25, -0.2) is 4.79 Å². The van der Waals surface area contributed by atoms with Crippen molar-refractivity contribution in [2.24, 2.45) is 0 Å². The van der Waals surface area contributed by atoms with Gasteiger partial charge in [-0.2, -0.15) is 0 Å². The van der Waals surface area contributed by atoms with Crippen LogP contribution >= 0.6 is 0 Å². The van der Waals surface area contributed by atoms with Crippen LogP contribution in [0.3, 0.4) is 0 Å². The van der Waals surface area contributed by atoms with E-state index < -0.39 is 12.0 Å². The zero-order valence-corrected chi connectivity index (χ0v) is 10.1. The maximum Gasteiger partial charge on any atom is 0.334 e. The fraction of sp³-hybridized carbons (Fsp3) is 0.154. The lowest BCUT2D eigenvalue weighted by atomic mass is 10.3. The van der Waals surface area contributed by atoms with Crippen molar-refractivity contribution in [2.45, 2.75) is 13.0 Å². The van der Waals surface area contributed by atoms with Gasteiger partial charge >= 0.3 is 5.97 Å². The first-order chi connectivity index (χ1) is 8.99. The van der Waals surface area contributed by atoms with E-state index in [1.807, 2.05) is 0 Å². The number of benzene rings is 1. The summed E-state index contributed by atoms with van der Waals surface area (Å²) in [5.41, 5.74) is 0. The molecule has 0 bridgehead atoms. The molecule has 6 heteroatoms. The maximum absolute atomic E-state index is 11.9. The lowest BCUT2D eigenvalue weighted by molar-refractivity contribution is -0.137. The minimum Gasteiger partial charge on any atom is -0.508 e. The van der Waals surface area contributed by atoms with Crippen molar-refractivity contribution in [3.05, 3.63) is 36.4 Å². The van der Waals surface area contributed by atoms with Gasteiger partial charge in [0.1, 0.15) is 17.5 Å². The Bertz CT molecular complexity index is 568. The predicted molar refractivity (Wildman–Crippen MR) is 66.2 cm³/mol. The molecule has 0 saturated carbocycles. The zero-order chi connectivity index (χ0) is 14.0. The predicted octanol–water partition coefficient (Wildman–Crippen LogP) is 1.77. The van der Waals surface area contributed by atoms with Crippen LogP contribution in [0.5, 0.6) is 23.3 Å². The van der Waals surface area contributed by atoms with Crippen molar-refractivity contribution >= 4 is 5.97 Å². The standard InChI is InChI=1S/C13H13NO5/c1-8(14-11(16)6-7-12(14)17)13(18)19-10-4-2-9(15)3-5-10/h2-8,15-17H,1H3. The Kier molecular flexibility index (Phi) is 3.33. The first-order valence-electron chi connectivity index (χ1n) is 5.59. The van der Waals surface area contributed by atoms with Gasteiger partial charge in [0.15, 0.2) is 11.8 Å². The highest BCUT2D eigenvalue weighted by Crippen LogP contribution is 2.27. The number of phenols is 1. The lowest BCUT2D eigenvalue weighted by Gasteiger charge is -2.14. The second kappa shape index (κ2) is 4.93. The molecule has 0 aliphatic carbocycles. The number of carbonyl (C=O) groups is 1. The summed E-state index contributed by atoms with van der Waals surface area (Å²) in [6.07, 6.45) is 0. The van der Waals surface area contributed by atoms with Crippen molar-refractivity contribution in [3.8, 4) is 23.3 Å². The lowest BCUT2D eigenvalue weighted by Crippen LogP contribution is -2.21. The van der Waals surface area contributed by atoms with Gasteiger partial charge in [-0.15, -0.1) is 0 Å². The molecular formula is C13H13NO5. The average Bonchev–Trinajstić information content (AvgIpc) is 2.71. The number of carbonyl (C=O) groups excluding carboxylic acids is 1. The van der Waals surface area contributed by atoms with Crippen molar-refractivity contribution in [1.82, 2.24) is 4.57 Å². The maximum atomic E-state index is 11.9. The summed E-state index contributed by atoms with van der Waals surface area (Å²) >= 11 is 0. The number of rotatable bonds is 3. The Morgan fingerprint density at radius 1 is 1.05 bits per heavy atom. The molecule has 0 fully saturated rings. The summed E-state index contributed by atoms with van der Waals surface area (Å²) < 4.78 is 6.12. The fourth-order valence-corrected chi connectivity index (χ4v) is 1.64. The minimum absolute atomic E-state index is 0.0635. The first-order valence-corrected chi connectivity index (χ1v) is 5.59. The topological polar surface area (TPSA) is 91.9 Å². The van der Waals surface area contributed by atoms with Crippen LogP contribution in [0, 0.1) is 0 Å². The van der Waals surface area contributed by atoms with E-state index in [1.165, 1.54) is 43.3 Å². The number of hydrogen-bond donors (Lipinski definition) is 3. The Morgan fingerprint density at radius 3 is 2.11 bits per heavy atom. The molecule has 1 unspecified atom stereocenters. The zero-order valence-electron chi connectivity index (χ0n) is 10.1. The van der Waals surface area contributed by atoms with Crippen LogP contribution in [0.15, 0.2) is 36.4 Å². The van der Waals surface area contributed by atoms with E-state index >= 15 is 0 Å². The smallest absolute Gasteiger partial charge is 0.334 e. The molecule has 100 valence electrons. The van der Waals surface area contributed by atoms with Gasteiger partial charge in [-0.3, -0.25) is 4.57 Å². The van der Waals surface area contributed by atoms with Crippen LogP contribution in [0.4, 0.5) is 0 Å². The molecule has 0 aliphatic heterocycles. The molecule has 6 nitrogen and oxygen atoms in total. The van der Waals surface area contributed by atoms with Gasteiger partial charge in [0, 0.05) is 12.1 Å². The normalized spacial score (nSPS) is 12.1. The van der Waals surface area contributed by atoms with Crippen LogP contribution in [0.25, 0.3) is 0 Å². The van der Waals surface area contributed by atoms with Gasteiger partial charge in [0.25, 0.3) is 0 Å². The Balaban J connectivity index is 2.14. The number of aromatic hydroxyl groups is 3. The molecule has 1 aromatic heterocycles. The van der Waals surface area contributed by atoms with E-state index in [0.29, 0.717) is 0 Å². The highest BCUT2D eigenvalue weighted by atomic mass is 16.5. The molecule has 19 heavy (non-hydrogen) atoms. The second-order valence-electron chi connectivity index (χ2n) is 4.01. The van der Waals surface area contributed by atoms with E-state index in [2.05, 4.69) is 0 Å². The van der Waals surface area contributed by atoms with Crippen LogP contribution in [0.1, 0.15) is 13.0 Å². The number of esters is 1. The number of phenolic OH excluding ortho intramolecular Hbond substituents is 1. The van der Waals surface area contributed by atoms with Gasteiger partial charge in [-0.1, -0.05) is 0 Å². The Hall–Kier alpha value is -2.63. The van der Waals surface area contributed by atoms with Crippen LogP contribution < -0.4 is 4.74 Å². The summed E-state index contributed by atoms with van der Waals surface area (Å²) in [6.45, 7) is 1.49. The molecule has 0 amide bonds. The summed E-state index contributed by atoms with van der Waals surface area (Å²) in [4.78, 5) is 11.9. The van der Waals surface area contributed by atoms with Gasteiger partial charge in [0.05, 0.1) is 0 Å². The third-order valence-corrected chi connectivity index (χ3v) is 2.66. The van der Waals surface area contributed by atoms with Crippen LogP contribution in [-0.2, 0) is 4.79 Å². The third kappa shape index (κ3) is 2.62. The van der Waals surface area contributed by atoms with E-state index in [9.17, 15) is 15.0 Å². The van der Waals surface area contributed by atoms with E-state index in [1.54, 1.807) is 0 Å². The molecular weight excluding hydrogens is 250 g/mol. The van der Waals surface area contributed by atoms with Crippen molar-refractivity contribution in [3.63, 3.8) is 0 Å². The van der Waals surface area contributed by atoms with Crippen molar-refractivity contribution in [1.29, 1.82) is 0 Å². The highest BCUT2D eigenvalue weighted by Gasteiger charge is 2.22. The molecule has 1 aromatic carbocycles. The Morgan fingerprint density at radius 2 is 1.58 bits per heavy atom. The number of hydrogen-bond acceptors (Lipinski definition) is 5. The molecule has 0 spiro atoms. The summed E-state index contributed by atoms with van der Waals surface area (Å²) in [6, 6.07) is 7.32. The molecule has 0 aliphatic rings. The monoisotopic (exact) mass is 263 g/mol. The van der Waals surface area contributed by atoms with E-state index in [4.69, 9.17) is 9.84 Å². The van der Waals surface area contributed by atoms with Gasteiger partial charge < -0.3 is 20.1 Å². The SMILES string of the molecule is CC(C(=O)Oc1ccc(O)cc1)n1c(O)ccc1O. The van der Waals surface area contributed by atoms with Crippen molar-refractivity contribution in [2.75, 3.05) is 0 Å². The first kappa shape index (κ1) is 12.8. The third-order valence-electron chi connectivity index (χ3n) is 2.66. The van der Waals surface area contributed by atoms with E-state index in [-0.39, 0.29) is 23.3 Å². The number of nitrogens with zero attached hydrogens (tertiary/aromatic N) is 1. The second-order valence-corrected chi connectivity index (χ2v) is 4.01. The average molecular weight is 263 g/mol. The Labute approximate surface area is 109 Å². The largest absolute Gasteiger partial charge is 0.508 e. The minimum atomic E-state index is -0.885. The van der Waals surface area contributed by atoms with E-state index in [0.717, 1.165) is 4.57 Å². The highest BCUT2D eigenvalue weighted by molar-refractivity contribution is 5.77. The van der Waals surface area contributed by atoms with Gasteiger partial charge in [-0.05, 0) is 31.2 Å². The van der Waals surface area contributed by atoms with Crippen LogP contribution in [-0.4, -0.2) is 25.9 Å². The number of aromatic nitrogens is 1. The summed E-state index contributed by atoms with van der Waals surface area (Å²) in [5, 5.41) is 28.1. The molecule has 1 heterocycles.